The Hall–Kier alpha value is -2.50. The Bertz CT molecular complexity index is 889. The van der Waals surface area contributed by atoms with Gasteiger partial charge in [0.1, 0.15) is 5.82 Å². The third kappa shape index (κ3) is 3.69. The van der Waals surface area contributed by atoms with Crippen LogP contribution in [0.15, 0.2) is 109 Å². The van der Waals surface area contributed by atoms with Crippen molar-refractivity contribution in [1.29, 1.82) is 0 Å². The molecule has 0 aliphatic heterocycles. The molecule has 0 nitrogen and oxygen atoms in total. The van der Waals surface area contributed by atoms with E-state index in [0.29, 0.717) is 0 Å². The van der Waals surface area contributed by atoms with Gasteiger partial charge in [0.25, 0.3) is 0 Å². The van der Waals surface area contributed by atoms with Gasteiger partial charge < -0.3 is 0 Å². The second-order valence-corrected chi connectivity index (χ2v) is 8.61. The predicted molar refractivity (Wildman–Crippen MR) is 110 cm³/mol. The van der Waals surface area contributed by atoms with Crippen molar-refractivity contribution in [3.8, 4) is 0 Å². The molecule has 0 bridgehead atoms. The maximum Gasteiger partial charge on any atom is 0.127 e. The number of benzene rings is 3. The molecule has 0 saturated heterocycles. The minimum absolute atomic E-state index is 0.0367. The largest absolute Gasteiger partial charge is 0.207 e. The van der Waals surface area contributed by atoms with Gasteiger partial charge in [0.05, 0.1) is 0 Å². The highest BCUT2D eigenvalue weighted by atomic mass is 31.1. The molecule has 0 fully saturated rings. The molecule has 0 heterocycles. The van der Waals surface area contributed by atoms with E-state index < -0.39 is 7.92 Å². The molecule has 4 rings (SSSR count). The van der Waals surface area contributed by atoms with Gasteiger partial charge in [-0.15, -0.1) is 0 Å². The first-order valence-corrected chi connectivity index (χ1v) is 10.3. The van der Waals surface area contributed by atoms with Gasteiger partial charge in [-0.1, -0.05) is 97.1 Å². The van der Waals surface area contributed by atoms with Crippen molar-refractivity contribution >= 4 is 18.5 Å². The van der Waals surface area contributed by atoms with Gasteiger partial charge >= 0.3 is 0 Å². The molecule has 0 radical (unpaired) electrons. The molecule has 0 saturated carbocycles. The smallest absolute Gasteiger partial charge is 0.127 e. The number of hydrogen-bond donors (Lipinski definition) is 0. The lowest BCUT2D eigenvalue weighted by Gasteiger charge is -2.19. The molecule has 0 aromatic heterocycles. The average Bonchev–Trinajstić information content (AvgIpc) is 3.16. The molecule has 1 aliphatic carbocycles. The van der Waals surface area contributed by atoms with Gasteiger partial charge in [-0.25, -0.2) is 4.39 Å². The van der Waals surface area contributed by atoms with E-state index in [4.69, 9.17) is 0 Å². The Morgan fingerprint density at radius 2 is 1.31 bits per heavy atom. The maximum atomic E-state index is 14.1. The van der Waals surface area contributed by atoms with Crippen LogP contribution in [-0.4, -0.2) is 6.16 Å². The zero-order valence-electron chi connectivity index (χ0n) is 14.4. The van der Waals surface area contributed by atoms with Crippen LogP contribution in [0.1, 0.15) is 11.5 Å². The van der Waals surface area contributed by atoms with Gasteiger partial charge in [-0.05, 0) is 35.7 Å². The van der Waals surface area contributed by atoms with Crippen molar-refractivity contribution in [3.63, 3.8) is 0 Å². The van der Waals surface area contributed by atoms with E-state index in [-0.39, 0.29) is 11.7 Å². The number of halogens is 1. The number of rotatable bonds is 5. The van der Waals surface area contributed by atoms with Crippen molar-refractivity contribution in [2.45, 2.75) is 5.92 Å². The van der Waals surface area contributed by atoms with Gasteiger partial charge in [0.2, 0.25) is 0 Å². The lowest BCUT2D eigenvalue weighted by atomic mass is 10.0. The number of hydrogen-bond acceptors (Lipinski definition) is 0. The van der Waals surface area contributed by atoms with Gasteiger partial charge in [-0.3, -0.25) is 0 Å². The summed E-state index contributed by atoms with van der Waals surface area (Å²) in [6.07, 6.45) is 7.46. The first-order chi connectivity index (χ1) is 12.8. The average molecular weight is 358 g/mol. The Kier molecular flexibility index (Phi) is 5.09. The molecule has 3 aromatic rings. The molecule has 1 unspecified atom stereocenters. The zero-order chi connectivity index (χ0) is 17.8. The second-order valence-electron chi connectivity index (χ2n) is 6.41. The van der Waals surface area contributed by atoms with Crippen LogP contribution < -0.4 is 10.6 Å². The van der Waals surface area contributed by atoms with Crippen LogP contribution in [0.4, 0.5) is 4.39 Å². The lowest BCUT2D eigenvalue weighted by Crippen LogP contribution is -2.14. The molecule has 3 aromatic carbocycles. The van der Waals surface area contributed by atoms with Crippen molar-refractivity contribution in [2.24, 2.45) is 0 Å². The third-order valence-corrected chi connectivity index (χ3v) is 7.18. The zero-order valence-corrected chi connectivity index (χ0v) is 15.3. The molecular formula is C24H20FP. The summed E-state index contributed by atoms with van der Waals surface area (Å²) in [6.45, 7) is 0. The van der Waals surface area contributed by atoms with Crippen LogP contribution in [-0.2, 0) is 0 Å². The van der Waals surface area contributed by atoms with Gasteiger partial charge in [0.15, 0.2) is 0 Å². The molecule has 2 heteroatoms. The number of allylic oxidation sites excluding steroid dienone is 4. The fourth-order valence-corrected chi connectivity index (χ4v) is 5.65. The summed E-state index contributed by atoms with van der Waals surface area (Å²) >= 11 is 0. The van der Waals surface area contributed by atoms with E-state index in [1.807, 2.05) is 12.1 Å². The summed E-state index contributed by atoms with van der Waals surface area (Å²) in [6, 6.07) is 28.5. The van der Waals surface area contributed by atoms with Crippen molar-refractivity contribution in [1.82, 2.24) is 0 Å². The molecule has 0 amide bonds. The minimum atomic E-state index is -0.471. The van der Waals surface area contributed by atoms with Crippen molar-refractivity contribution in [3.05, 3.63) is 120 Å². The standard InChI is InChI=1S/C24H20FP/c25-24-14-8-7-13-23(24)20-16-15-19(17-20)18-26(21-9-3-1-4-10-21)22-11-5-2-6-12-22/h1-17,20H,18H2. The highest BCUT2D eigenvalue weighted by molar-refractivity contribution is 7.73. The van der Waals surface area contributed by atoms with E-state index in [1.54, 1.807) is 6.07 Å². The molecule has 0 spiro atoms. The Labute approximate surface area is 155 Å². The molecule has 0 N–H and O–H groups in total. The second kappa shape index (κ2) is 7.81. The summed E-state index contributed by atoms with van der Waals surface area (Å²) in [5.41, 5.74) is 2.04. The molecule has 1 atom stereocenters. The molecule has 1 aliphatic rings. The van der Waals surface area contributed by atoms with Crippen molar-refractivity contribution < 1.29 is 4.39 Å². The Morgan fingerprint density at radius 1 is 0.731 bits per heavy atom. The third-order valence-electron chi connectivity index (χ3n) is 4.65. The first kappa shape index (κ1) is 16.9. The highest BCUT2D eigenvalue weighted by Gasteiger charge is 2.19. The van der Waals surface area contributed by atoms with Gasteiger partial charge in [0, 0.05) is 12.1 Å². The molecule has 26 heavy (non-hydrogen) atoms. The Morgan fingerprint density at radius 3 is 1.92 bits per heavy atom. The predicted octanol–water partition coefficient (Wildman–Crippen LogP) is 5.54. The van der Waals surface area contributed by atoms with E-state index >= 15 is 0 Å². The van der Waals surface area contributed by atoms with Crippen LogP contribution in [0.3, 0.4) is 0 Å². The van der Waals surface area contributed by atoms with Crippen LogP contribution in [0, 0.1) is 5.82 Å². The highest BCUT2D eigenvalue weighted by Crippen LogP contribution is 2.39. The normalized spacial score (nSPS) is 16.1. The maximum absolute atomic E-state index is 14.1. The van der Waals surface area contributed by atoms with Crippen LogP contribution >= 0.6 is 7.92 Å². The van der Waals surface area contributed by atoms with E-state index in [0.717, 1.165) is 11.7 Å². The summed E-state index contributed by atoms with van der Waals surface area (Å²) in [7, 11) is -0.471. The van der Waals surface area contributed by atoms with Crippen molar-refractivity contribution in [2.75, 3.05) is 6.16 Å². The minimum Gasteiger partial charge on any atom is -0.207 e. The topological polar surface area (TPSA) is 0 Å². The van der Waals surface area contributed by atoms with Crippen LogP contribution in [0.5, 0.6) is 0 Å². The first-order valence-electron chi connectivity index (χ1n) is 8.82. The van der Waals surface area contributed by atoms with E-state index in [9.17, 15) is 4.39 Å². The fourth-order valence-electron chi connectivity index (χ4n) is 3.34. The Balaban J connectivity index is 1.62. The fraction of sp³-hybridized carbons (Fsp3) is 0.0833. The van der Waals surface area contributed by atoms with Crippen LogP contribution in [0.25, 0.3) is 0 Å². The molecule has 128 valence electrons. The molecular weight excluding hydrogens is 338 g/mol. The summed E-state index contributed by atoms with van der Waals surface area (Å²) < 4.78 is 14.1. The summed E-state index contributed by atoms with van der Waals surface area (Å²) in [5.74, 6) is -0.0948. The lowest BCUT2D eigenvalue weighted by molar-refractivity contribution is 0.610. The summed E-state index contributed by atoms with van der Waals surface area (Å²) in [5, 5.41) is 2.75. The van der Waals surface area contributed by atoms with E-state index in [1.165, 1.54) is 22.2 Å². The quantitative estimate of drug-likeness (QED) is 0.526. The van der Waals surface area contributed by atoms with E-state index in [2.05, 4.69) is 78.9 Å². The SMILES string of the molecule is Fc1ccccc1C1C=CC(CP(c2ccccc2)c2ccccc2)=C1. The summed E-state index contributed by atoms with van der Waals surface area (Å²) in [4.78, 5) is 0. The van der Waals surface area contributed by atoms with Gasteiger partial charge in [-0.2, -0.15) is 0 Å². The monoisotopic (exact) mass is 358 g/mol. The van der Waals surface area contributed by atoms with Crippen LogP contribution in [0.2, 0.25) is 0 Å².